The van der Waals surface area contributed by atoms with Gasteiger partial charge >= 0.3 is 12.1 Å². The molecule has 19 heteroatoms. The Kier molecular flexibility index (Phi) is 26.0. The monoisotopic (exact) mass is 1150 g/mol. The number of aliphatic hydroxyl groups excluding tert-OH is 8. The Bertz CT molecular complexity index is 2600. The maximum absolute atomic E-state index is 13.7. The molecule has 9 N–H and O–H groups in total. The molecule has 2 aromatic rings. The SMILES string of the molecule is CO[C@]12C[C@@H](O)C[C@@H](O)[C@H](O)CC[C@@H](O)C[C@@H](O)CC(=O)O[C@@H](C)[C@H](C)[C@H](O)[C@@H](C)/C=C/C=C/C=C/C=C/C=C/C=C/C=C/[C@H](OC3OC(C)C(C)C(NC(=O)OCC4c5ccccc5-c5ccccc54)C3O)C[C@H](O1)[C@H](N=C=O)[C@@H](O)C2. The summed E-state index contributed by atoms with van der Waals surface area (Å²) in [7, 11) is 1.30. The van der Waals surface area contributed by atoms with Gasteiger partial charge in [-0.1, -0.05) is 154 Å². The van der Waals surface area contributed by atoms with Crippen molar-refractivity contribution in [2.75, 3.05) is 13.7 Å². The second kappa shape index (κ2) is 32.5. The van der Waals surface area contributed by atoms with Gasteiger partial charge in [-0.15, -0.1) is 0 Å². The minimum atomic E-state index is -1.74. The lowest BCUT2D eigenvalue weighted by Gasteiger charge is -2.47. The Hall–Kier alpha value is -5.74. The molecule has 454 valence electrons. The van der Waals surface area contributed by atoms with E-state index in [0.29, 0.717) is 0 Å². The van der Waals surface area contributed by atoms with Crippen LogP contribution in [-0.4, -0.2) is 170 Å². The minimum absolute atomic E-state index is 0.0495. The first-order valence-electron chi connectivity index (χ1n) is 28.8. The molecular weight excluding hydrogens is 1070 g/mol. The van der Waals surface area contributed by atoms with Gasteiger partial charge in [0.25, 0.3) is 0 Å². The van der Waals surface area contributed by atoms with Gasteiger partial charge in [-0.05, 0) is 55.4 Å². The number of hydrogen-bond acceptors (Lipinski definition) is 18. The third-order valence-electron chi connectivity index (χ3n) is 16.3. The Morgan fingerprint density at radius 2 is 1.27 bits per heavy atom. The molecule has 0 aromatic heterocycles. The minimum Gasteiger partial charge on any atom is -0.462 e. The van der Waals surface area contributed by atoms with Crippen LogP contribution in [0.15, 0.2) is 139 Å². The van der Waals surface area contributed by atoms with E-state index >= 15 is 0 Å². The van der Waals surface area contributed by atoms with Crippen LogP contribution < -0.4 is 5.32 Å². The van der Waals surface area contributed by atoms with Gasteiger partial charge in [0.15, 0.2) is 12.1 Å². The number of allylic oxidation sites excluding steroid dienone is 12. The van der Waals surface area contributed by atoms with Crippen LogP contribution in [-0.2, 0) is 38.0 Å². The smallest absolute Gasteiger partial charge is 0.407 e. The standard InChI is InChI=1S/C64H86N2O17/c1-39-23-17-15-13-11-9-7-8-10-12-14-16-18-24-47(82-62-61(76)58(40(2)42(4)81-62)66-63(77)79-37-52-50-27-21-19-25-48(50)49-26-20-22-28-51(49)52)34-56-59(65-38-67)55(73)36-64(78-6,83-56)35-46(70)32-54(72)53(71)30-29-44(68)31-45(69)33-57(74)80-43(5)41(3)60(39)75/h7-28,39-47,52-56,58-62,68-73,75-76H,29-37H2,1-6H3,(H,66,77)/b8-7+,11-9+,12-10+,15-13+,16-14+,23-17+,24-18+/t39-,40?,41-,42?,43-,44+,45+,46-,47-,53+,54+,55-,56-,58?,59+,60+,61?,62?,64+/m0/s1. The topological polar surface area (TPSA) is 293 Å². The molecule has 3 heterocycles. The highest BCUT2D eigenvalue weighted by Gasteiger charge is 2.50. The van der Waals surface area contributed by atoms with E-state index in [0.717, 1.165) is 22.3 Å². The highest BCUT2D eigenvalue weighted by molar-refractivity contribution is 5.79. The lowest BCUT2D eigenvalue weighted by molar-refractivity contribution is -0.308. The quantitative estimate of drug-likeness (QED) is 0.0844. The van der Waals surface area contributed by atoms with Crippen molar-refractivity contribution in [1.29, 1.82) is 0 Å². The summed E-state index contributed by atoms with van der Waals surface area (Å²) >= 11 is 0. The number of cyclic esters (lactones) is 1. The number of methoxy groups -OCH3 is 1. The number of nitrogens with zero attached hydrogens (tertiary/aromatic N) is 1. The molecule has 6 rings (SSSR count). The number of carbonyl (C=O) groups is 2. The Morgan fingerprint density at radius 3 is 1.87 bits per heavy atom. The Labute approximate surface area is 487 Å². The number of hydrogen-bond donors (Lipinski definition) is 9. The number of ether oxygens (including phenoxy) is 6. The van der Waals surface area contributed by atoms with Crippen molar-refractivity contribution in [2.45, 2.75) is 189 Å². The molecule has 1 aliphatic carbocycles. The zero-order valence-electron chi connectivity index (χ0n) is 48.2. The third kappa shape index (κ3) is 19.1. The van der Waals surface area contributed by atoms with Crippen LogP contribution in [0.2, 0.25) is 0 Å². The molecule has 19 nitrogen and oxygen atoms in total. The van der Waals surface area contributed by atoms with Crippen LogP contribution in [0.25, 0.3) is 11.1 Å². The first kappa shape index (κ1) is 66.4. The van der Waals surface area contributed by atoms with E-state index in [1.54, 1.807) is 51.2 Å². The van der Waals surface area contributed by atoms with E-state index in [4.69, 9.17) is 28.4 Å². The highest BCUT2D eigenvalue weighted by atomic mass is 16.7. The number of benzene rings is 2. The molecule has 3 aliphatic heterocycles. The number of aliphatic hydroxyl groups is 8. The first-order chi connectivity index (χ1) is 39.7. The lowest BCUT2D eigenvalue weighted by Crippen LogP contribution is -2.61. The molecule has 2 bridgehead atoms. The number of amides is 1. The number of aliphatic imine (C=N–C) groups is 1. The van der Waals surface area contributed by atoms with Gasteiger partial charge in [-0.2, -0.15) is 4.99 Å². The molecule has 0 spiro atoms. The van der Waals surface area contributed by atoms with E-state index in [1.165, 1.54) is 13.2 Å². The average molecular weight is 1160 g/mol. The largest absolute Gasteiger partial charge is 0.462 e. The van der Waals surface area contributed by atoms with Gasteiger partial charge in [0.05, 0.1) is 73.5 Å². The summed E-state index contributed by atoms with van der Waals surface area (Å²) in [4.78, 5) is 42.2. The summed E-state index contributed by atoms with van der Waals surface area (Å²) in [6.07, 6.45) is 8.56. The summed E-state index contributed by atoms with van der Waals surface area (Å²) in [6, 6.07) is 13.8. The Balaban J connectivity index is 1.21. The summed E-state index contributed by atoms with van der Waals surface area (Å²) < 4.78 is 36.6. The number of nitrogens with one attached hydrogen (secondary N) is 1. The molecule has 19 atom stereocenters. The van der Waals surface area contributed by atoms with Crippen LogP contribution in [0.5, 0.6) is 0 Å². The third-order valence-corrected chi connectivity index (χ3v) is 16.3. The van der Waals surface area contributed by atoms with Crippen molar-refractivity contribution in [1.82, 2.24) is 5.32 Å². The molecule has 83 heavy (non-hydrogen) atoms. The van der Waals surface area contributed by atoms with Gasteiger partial charge in [-0.3, -0.25) is 4.79 Å². The Morgan fingerprint density at radius 1 is 0.675 bits per heavy atom. The predicted molar refractivity (Wildman–Crippen MR) is 310 cm³/mol. The molecule has 2 aromatic carbocycles. The number of rotatable bonds is 7. The van der Waals surface area contributed by atoms with Crippen LogP contribution in [0.1, 0.15) is 103 Å². The fourth-order valence-electron chi connectivity index (χ4n) is 11.2. The van der Waals surface area contributed by atoms with E-state index in [9.17, 15) is 55.2 Å². The summed E-state index contributed by atoms with van der Waals surface area (Å²) in [5.74, 6) is -3.80. The molecule has 5 unspecified atom stereocenters. The van der Waals surface area contributed by atoms with Crippen molar-refractivity contribution < 1.29 is 83.7 Å². The number of esters is 1. The van der Waals surface area contributed by atoms with Crippen molar-refractivity contribution in [2.24, 2.45) is 22.7 Å². The van der Waals surface area contributed by atoms with Crippen LogP contribution >= 0.6 is 0 Å². The molecule has 4 aliphatic rings. The van der Waals surface area contributed by atoms with Gasteiger partial charge in [-0.25, -0.2) is 9.59 Å². The molecule has 2 saturated heterocycles. The fraction of sp³-hybridized carbons (Fsp3) is 0.547. The van der Waals surface area contributed by atoms with Gasteiger partial charge in [0, 0.05) is 56.5 Å². The lowest BCUT2D eigenvalue weighted by atomic mass is 9.87. The zero-order valence-corrected chi connectivity index (χ0v) is 48.2. The number of carbonyl (C=O) groups excluding carboxylic acids is 3. The normalized spacial score (nSPS) is 38.5. The second-order valence-corrected chi connectivity index (χ2v) is 22.4. The van der Waals surface area contributed by atoms with E-state index in [-0.39, 0.29) is 57.0 Å². The summed E-state index contributed by atoms with van der Waals surface area (Å²) in [6.45, 7) is 8.92. The van der Waals surface area contributed by atoms with Gasteiger partial charge in [0.1, 0.15) is 24.9 Å². The number of fused-ring (bicyclic) bond motifs is 5. The average Bonchev–Trinajstić information content (AvgIpc) is 2.72. The predicted octanol–water partition coefficient (Wildman–Crippen LogP) is 6.22. The van der Waals surface area contributed by atoms with E-state index < -0.39 is 134 Å². The zero-order chi connectivity index (χ0) is 60.2. The molecule has 0 saturated carbocycles. The molecule has 2 fully saturated rings. The van der Waals surface area contributed by atoms with Crippen molar-refractivity contribution in [3.63, 3.8) is 0 Å². The second-order valence-electron chi connectivity index (χ2n) is 22.4. The number of alkyl carbamates (subject to hydrolysis) is 1. The summed E-state index contributed by atoms with van der Waals surface area (Å²) in [5, 5.41) is 92.2. The number of isocyanates is 1. The summed E-state index contributed by atoms with van der Waals surface area (Å²) in [5.41, 5.74) is 4.23. The highest BCUT2D eigenvalue weighted by Crippen LogP contribution is 2.45. The maximum Gasteiger partial charge on any atom is 0.407 e. The van der Waals surface area contributed by atoms with Crippen molar-refractivity contribution >= 4 is 18.1 Å². The van der Waals surface area contributed by atoms with Crippen LogP contribution in [0, 0.1) is 17.8 Å². The van der Waals surface area contributed by atoms with Crippen molar-refractivity contribution in [3.8, 4) is 11.1 Å². The van der Waals surface area contributed by atoms with Crippen LogP contribution in [0.4, 0.5) is 4.79 Å². The van der Waals surface area contributed by atoms with Gasteiger partial charge in [0.2, 0.25) is 6.08 Å². The van der Waals surface area contributed by atoms with Crippen LogP contribution in [0.3, 0.4) is 0 Å². The van der Waals surface area contributed by atoms with E-state index in [2.05, 4.69) is 10.3 Å². The molecule has 0 radical (unpaired) electrons. The van der Waals surface area contributed by atoms with Crippen molar-refractivity contribution in [3.05, 3.63) is 145 Å². The van der Waals surface area contributed by atoms with E-state index in [1.807, 2.05) is 117 Å². The van der Waals surface area contributed by atoms with Gasteiger partial charge < -0.3 is 74.6 Å². The molecular formula is C64H86N2O17. The first-order valence-corrected chi connectivity index (χ1v) is 28.8. The molecule has 1 amide bonds. The maximum atomic E-state index is 13.7. The fourth-order valence-corrected chi connectivity index (χ4v) is 11.2.